The summed E-state index contributed by atoms with van der Waals surface area (Å²) >= 11 is 0. The van der Waals surface area contributed by atoms with Crippen molar-refractivity contribution in [2.75, 3.05) is 31.3 Å². The Morgan fingerprint density at radius 1 is 1.24 bits per heavy atom. The molecule has 0 spiro atoms. The summed E-state index contributed by atoms with van der Waals surface area (Å²) < 4.78 is 0. The highest BCUT2D eigenvalue weighted by Gasteiger charge is 2.09. The van der Waals surface area contributed by atoms with E-state index in [-0.39, 0.29) is 12.5 Å². The average molecular weight is 237 g/mol. The van der Waals surface area contributed by atoms with Crippen molar-refractivity contribution >= 4 is 17.5 Å². The Labute approximate surface area is 101 Å². The number of anilines is 2. The molecular formula is C11H19N5O. The summed E-state index contributed by atoms with van der Waals surface area (Å²) in [7, 11) is 3.42. The van der Waals surface area contributed by atoms with Gasteiger partial charge in [0.2, 0.25) is 5.91 Å². The summed E-state index contributed by atoms with van der Waals surface area (Å²) in [5, 5.41) is 8.58. The van der Waals surface area contributed by atoms with Gasteiger partial charge in [-0.2, -0.15) is 0 Å². The van der Waals surface area contributed by atoms with Crippen LogP contribution >= 0.6 is 0 Å². The maximum absolute atomic E-state index is 11.2. The molecule has 0 aromatic carbocycles. The lowest BCUT2D eigenvalue weighted by Gasteiger charge is -2.12. The Bertz CT molecular complexity index is 405. The lowest BCUT2D eigenvalue weighted by molar-refractivity contribution is -0.118. The molecule has 17 heavy (non-hydrogen) atoms. The number of likely N-dealkylation sites (N-methyl/N-ethyl adjacent to an activating group) is 1. The Hall–Kier alpha value is -1.85. The van der Waals surface area contributed by atoms with Crippen LogP contribution in [0.15, 0.2) is 0 Å². The summed E-state index contributed by atoms with van der Waals surface area (Å²) in [6.07, 6.45) is 0.754. The second kappa shape index (κ2) is 6.03. The van der Waals surface area contributed by atoms with Crippen LogP contribution in [0.4, 0.5) is 11.6 Å². The second-order valence-corrected chi connectivity index (χ2v) is 3.59. The highest BCUT2D eigenvalue weighted by atomic mass is 16.1. The fourth-order valence-corrected chi connectivity index (χ4v) is 1.39. The zero-order valence-electron chi connectivity index (χ0n) is 10.7. The molecule has 0 aliphatic rings. The molecule has 6 heteroatoms. The fraction of sp³-hybridized carbons (Fsp3) is 0.545. The predicted molar refractivity (Wildman–Crippen MR) is 68.3 cm³/mol. The normalized spacial score (nSPS) is 9.88. The first-order chi connectivity index (χ1) is 8.12. The van der Waals surface area contributed by atoms with Crippen LogP contribution in [-0.4, -0.2) is 36.5 Å². The van der Waals surface area contributed by atoms with E-state index in [2.05, 4.69) is 25.9 Å². The molecular weight excluding hydrogens is 218 g/mol. The fourth-order valence-electron chi connectivity index (χ4n) is 1.39. The molecule has 3 N–H and O–H groups in total. The van der Waals surface area contributed by atoms with Crippen molar-refractivity contribution in [2.24, 2.45) is 0 Å². The van der Waals surface area contributed by atoms with E-state index in [1.165, 1.54) is 0 Å². The minimum atomic E-state index is -0.0768. The summed E-state index contributed by atoms with van der Waals surface area (Å²) in [5.41, 5.74) is 0.911. The maximum atomic E-state index is 11.2. The molecule has 1 aromatic rings. The van der Waals surface area contributed by atoms with Crippen molar-refractivity contribution in [3.05, 3.63) is 11.4 Å². The van der Waals surface area contributed by atoms with Crippen LogP contribution in [0.1, 0.15) is 18.3 Å². The molecule has 1 rings (SSSR count). The maximum Gasteiger partial charge on any atom is 0.239 e. The molecule has 0 bridgehead atoms. The number of nitrogens with zero attached hydrogens (tertiary/aromatic N) is 2. The summed E-state index contributed by atoms with van der Waals surface area (Å²) in [4.78, 5) is 19.9. The van der Waals surface area contributed by atoms with Gasteiger partial charge in [-0.1, -0.05) is 6.92 Å². The molecule has 0 aliphatic heterocycles. The van der Waals surface area contributed by atoms with Gasteiger partial charge in [0.1, 0.15) is 17.5 Å². The largest absolute Gasteiger partial charge is 0.373 e. The molecule has 1 amide bonds. The van der Waals surface area contributed by atoms with Crippen molar-refractivity contribution in [3.63, 3.8) is 0 Å². The number of nitrogens with one attached hydrogen (secondary N) is 3. The van der Waals surface area contributed by atoms with E-state index in [0.29, 0.717) is 5.82 Å². The zero-order valence-corrected chi connectivity index (χ0v) is 10.7. The first-order valence-electron chi connectivity index (χ1n) is 5.62. The van der Waals surface area contributed by atoms with E-state index in [1.807, 2.05) is 20.9 Å². The first kappa shape index (κ1) is 13.2. The number of carbonyl (C=O) groups excluding carboxylic acids is 1. The van der Waals surface area contributed by atoms with Crippen LogP contribution in [0, 0.1) is 6.92 Å². The van der Waals surface area contributed by atoms with Crippen molar-refractivity contribution in [1.82, 2.24) is 15.3 Å². The molecule has 0 saturated heterocycles. The van der Waals surface area contributed by atoms with Crippen molar-refractivity contribution in [3.8, 4) is 0 Å². The monoisotopic (exact) mass is 237 g/mol. The van der Waals surface area contributed by atoms with E-state index in [1.54, 1.807) is 7.05 Å². The lowest BCUT2D eigenvalue weighted by atomic mass is 10.3. The Morgan fingerprint density at radius 3 is 2.41 bits per heavy atom. The minimum Gasteiger partial charge on any atom is -0.373 e. The van der Waals surface area contributed by atoms with E-state index < -0.39 is 0 Å². The SMILES string of the molecule is CCc1nc(NC)c(C)c(NCC(=O)NC)n1. The predicted octanol–water partition coefficient (Wildman–Crippen LogP) is 0.547. The highest BCUT2D eigenvalue weighted by Crippen LogP contribution is 2.19. The molecule has 0 fully saturated rings. The van der Waals surface area contributed by atoms with Gasteiger partial charge < -0.3 is 16.0 Å². The number of aromatic nitrogens is 2. The summed E-state index contributed by atoms with van der Waals surface area (Å²) in [6.45, 7) is 4.12. The van der Waals surface area contributed by atoms with Crippen molar-refractivity contribution in [1.29, 1.82) is 0 Å². The number of amides is 1. The Kier molecular flexibility index (Phi) is 4.68. The van der Waals surface area contributed by atoms with Crippen LogP contribution in [0.3, 0.4) is 0 Å². The Morgan fingerprint density at radius 2 is 1.88 bits per heavy atom. The van der Waals surface area contributed by atoms with Gasteiger partial charge in [0.25, 0.3) is 0 Å². The van der Waals surface area contributed by atoms with E-state index in [9.17, 15) is 4.79 Å². The third-order valence-electron chi connectivity index (χ3n) is 2.44. The van der Waals surface area contributed by atoms with Crippen LogP contribution < -0.4 is 16.0 Å². The number of aryl methyl sites for hydroxylation is 1. The van der Waals surface area contributed by atoms with Crippen LogP contribution in [0.25, 0.3) is 0 Å². The standard InChI is InChI=1S/C11H19N5O/c1-5-8-15-10(13-4)7(2)11(16-8)14-6-9(17)12-3/h5-6H2,1-4H3,(H,12,17)(H2,13,14,15,16). The zero-order chi connectivity index (χ0) is 12.8. The minimum absolute atomic E-state index is 0.0768. The van der Waals surface area contributed by atoms with Gasteiger partial charge in [0.05, 0.1) is 6.54 Å². The van der Waals surface area contributed by atoms with Crippen LogP contribution in [-0.2, 0) is 11.2 Å². The van der Waals surface area contributed by atoms with Crippen LogP contribution in [0.5, 0.6) is 0 Å². The third kappa shape index (κ3) is 3.30. The van der Waals surface area contributed by atoms with Crippen molar-refractivity contribution < 1.29 is 4.79 Å². The molecule has 94 valence electrons. The van der Waals surface area contributed by atoms with Gasteiger partial charge in [0.15, 0.2) is 0 Å². The second-order valence-electron chi connectivity index (χ2n) is 3.59. The quantitative estimate of drug-likeness (QED) is 0.697. The molecule has 0 radical (unpaired) electrons. The van der Waals surface area contributed by atoms with Gasteiger partial charge in [-0.05, 0) is 6.92 Å². The topological polar surface area (TPSA) is 78.9 Å². The smallest absolute Gasteiger partial charge is 0.239 e. The molecule has 0 atom stereocenters. The first-order valence-corrected chi connectivity index (χ1v) is 5.62. The summed E-state index contributed by atoms with van der Waals surface area (Å²) in [5.74, 6) is 2.16. The van der Waals surface area contributed by atoms with Crippen molar-refractivity contribution in [2.45, 2.75) is 20.3 Å². The Balaban J connectivity index is 2.93. The van der Waals surface area contributed by atoms with E-state index in [4.69, 9.17) is 0 Å². The molecule has 0 unspecified atom stereocenters. The van der Waals surface area contributed by atoms with E-state index >= 15 is 0 Å². The molecule has 0 aliphatic carbocycles. The number of hydrogen-bond donors (Lipinski definition) is 3. The third-order valence-corrected chi connectivity index (χ3v) is 2.44. The number of hydrogen-bond acceptors (Lipinski definition) is 5. The van der Waals surface area contributed by atoms with Gasteiger partial charge in [-0.15, -0.1) is 0 Å². The molecule has 6 nitrogen and oxygen atoms in total. The lowest BCUT2D eigenvalue weighted by Crippen LogP contribution is -2.27. The molecule has 0 saturated carbocycles. The summed E-state index contributed by atoms with van der Waals surface area (Å²) in [6, 6.07) is 0. The van der Waals surface area contributed by atoms with Gasteiger partial charge in [0, 0.05) is 26.1 Å². The number of carbonyl (C=O) groups is 1. The van der Waals surface area contributed by atoms with Gasteiger partial charge in [-0.3, -0.25) is 4.79 Å². The highest BCUT2D eigenvalue weighted by molar-refractivity contribution is 5.80. The average Bonchev–Trinajstić information content (AvgIpc) is 2.37. The van der Waals surface area contributed by atoms with Gasteiger partial charge >= 0.3 is 0 Å². The number of rotatable bonds is 5. The molecule has 1 aromatic heterocycles. The molecule has 1 heterocycles. The van der Waals surface area contributed by atoms with E-state index in [0.717, 1.165) is 23.6 Å². The van der Waals surface area contributed by atoms with Crippen LogP contribution in [0.2, 0.25) is 0 Å². The van der Waals surface area contributed by atoms with Gasteiger partial charge in [-0.25, -0.2) is 9.97 Å².